The van der Waals surface area contributed by atoms with E-state index in [4.69, 9.17) is 0 Å². The molecule has 0 saturated carbocycles. The van der Waals surface area contributed by atoms with Crippen LogP contribution in [0.1, 0.15) is 18.1 Å². The summed E-state index contributed by atoms with van der Waals surface area (Å²) in [5.74, 6) is 0. The second-order valence-corrected chi connectivity index (χ2v) is 7.17. The van der Waals surface area contributed by atoms with Crippen LogP contribution in [0.4, 0.5) is 5.69 Å². The summed E-state index contributed by atoms with van der Waals surface area (Å²) in [6.45, 7) is 6.71. The van der Waals surface area contributed by atoms with Crippen molar-refractivity contribution < 1.29 is 13.3 Å². The van der Waals surface area contributed by atoms with Crippen LogP contribution in [-0.4, -0.2) is 43.3 Å². The fourth-order valence-corrected chi connectivity index (χ4v) is 4.44. The van der Waals surface area contributed by atoms with Crippen LogP contribution in [0, 0.1) is 24.0 Å². The highest BCUT2D eigenvalue weighted by Gasteiger charge is 2.33. The minimum Gasteiger partial charge on any atom is -0.314 e. The summed E-state index contributed by atoms with van der Waals surface area (Å²) in [4.78, 5) is 10.4. The lowest BCUT2D eigenvalue weighted by Crippen LogP contribution is -2.52. The molecule has 1 aliphatic rings. The molecule has 0 aliphatic carbocycles. The van der Waals surface area contributed by atoms with Gasteiger partial charge >= 0.3 is 0 Å². The average molecular weight is 350 g/mol. The second-order valence-electron chi connectivity index (χ2n) is 5.31. The summed E-state index contributed by atoms with van der Waals surface area (Å²) >= 11 is 0. The Bertz CT molecular complexity index is 678. The summed E-state index contributed by atoms with van der Waals surface area (Å²) in [6, 6.07) is 2.38. The number of nitro groups is 1. The third-order valence-electron chi connectivity index (χ3n) is 3.84. The molecule has 1 heterocycles. The zero-order valence-electron chi connectivity index (χ0n) is 12.7. The van der Waals surface area contributed by atoms with Crippen molar-refractivity contribution in [3.8, 4) is 0 Å². The maximum atomic E-state index is 12.8. The summed E-state index contributed by atoms with van der Waals surface area (Å²) in [5.41, 5.74) is 0.969. The number of nitro benzene ring substituents is 1. The normalized spacial score (nSPS) is 19.5. The topological polar surface area (TPSA) is 92.5 Å². The molecule has 0 bridgehead atoms. The summed E-state index contributed by atoms with van der Waals surface area (Å²) in [7, 11) is -3.73. The monoisotopic (exact) mass is 349 g/mol. The largest absolute Gasteiger partial charge is 0.314 e. The molecule has 1 fully saturated rings. The van der Waals surface area contributed by atoms with Crippen molar-refractivity contribution in [1.82, 2.24) is 9.62 Å². The molecular weight excluding hydrogens is 330 g/mol. The first-order valence-corrected chi connectivity index (χ1v) is 8.17. The lowest BCUT2D eigenvalue weighted by atomic mass is 10.1. The predicted octanol–water partition coefficient (Wildman–Crippen LogP) is 1.62. The minimum absolute atomic E-state index is 0. The quantitative estimate of drug-likeness (QED) is 0.661. The maximum absolute atomic E-state index is 12.8. The van der Waals surface area contributed by atoms with Gasteiger partial charge in [-0.15, -0.1) is 12.4 Å². The van der Waals surface area contributed by atoms with Gasteiger partial charge in [0.15, 0.2) is 0 Å². The first-order chi connectivity index (χ1) is 9.75. The van der Waals surface area contributed by atoms with Crippen molar-refractivity contribution in [2.45, 2.75) is 31.7 Å². The molecular formula is C13H20ClN3O4S. The number of hydrogen-bond donors (Lipinski definition) is 1. The van der Waals surface area contributed by atoms with Crippen LogP contribution in [0.15, 0.2) is 17.0 Å². The third kappa shape index (κ3) is 3.40. The third-order valence-corrected chi connectivity index (χ3v) is 5.98. The van der Waals surface area contributed by atoms with Crippen LogP contribution in [0.2, 0.25) is 0 Å². The van der Waals surface area contributed by atoms with Crippen molar-refractivity contribution in [3.63, 3.8) is 0 Å². The molecule has 9 heteroatoms. The molecule has 1 unspecified atom stereocenters. The Morgan fingerprint density at radius 2 is 2.00 bits per heavy atom. The van der Waals surface area contributed by atoms with E-state index in [-0.39, 0.29) is 29.0 Å². The zero-order chi connectivity index (χ0) is 15.8. The van der Waals surface area contributed by atoms with Gasteiger partial charge in [0.05, 0.1) is 9.82 Å². The smallest absolute Gasteiger partial charge is 0.271 e. The Morgan fingerprint density at radius 1 is 1.36 bits per heavy atom. The van der Waals surface area contributed by atoms with Crippen molar-refractivity contribution in [2.24, 2.45) is 0 Å². The Labute approximate surface area is 136 Å². The Kier molecular flexibility index (Phi) is 5.91. The molecule has 1 atom stereocenters. The van der Waals surface area contributed by atoms with Crippen molar-refractivity contribution in [1.29, 1.82) is 0 Å². The van der Waals surface area contributed by atoms with E-state index in [9.17, 15) is 18.5 Å². The molecule has 0 aromatic heterocycles. The molecule has 0 amide bonds. The standard InChI is InChI=1S/C13H19N3O4S.ClH/c1-9-6-12(16(17)18)7-13(11(9)3)21(19,20)15-5-4-14-8-10(15)2;/h6-7,10,14H,4-5,8H2,1-3H3;1H. The van der Waals surface area contributed by atoms with Crippen molar-refractivity contribution >= 4 is 28.1 Å². The van der Waals surface area contributed by atoms with E-state index in [2.05, 4.69) is 5.32 Å². The van der Waals surface area contributed by atoms with E-state index in [1.165, 1.54) is 10.4 Å². The van der Waals surface area contributed by atoms with Crippen LogP contribution >= 0.6 is 12.4 Å². The highest BCUT2D eigenvalue weighted by atomic mass is 35.5. The van der Waals surface area contributed by atoms with Gasteiger partial charge in [0.1, 0.15) is 0 Å². The molecule has 0 spiro atoms. The first kappa shape index (κ1) is 18.8. The van der Waals surface area contributed by atoms with Crippen molar-refractivity contribution in [3.05, 3.63) is 33.4 Å². The van der Waals surface area contributed by atoms with Gasteiger partial charge in [-0.25, -0.2) is 8.42 Å². The molecule has 124 valence electrons. The van der Waals surface area contributed by atoms with E-state index < -0.39 is 14.9 Å². The van der Waals surface area contributed by atoms with Crippen molar-refractivity contribution in [2.75, 3.05) is 19.6 Å². The van der Waals surface area contributed by atoms with Gasteiger partial charge < -0.3 is 5.32 Å². The molecule has 1 N–H and O–H groups in total. The van der Waals surface area contributed by atoms with Gasteiger partial charge in [-0.3, -0.25) is 10.1 Å². The Balaban J connectivity index is 0.00000242. The molecule has 0 radical (unpaired) electrons. The number of non-ortho nitro benzene ring substituents is 1. The number of benzene rings is 1. The Hall–Kier alpha value is -1.22. The summed E-state index contributed by atoms with van der Waals surface area (Å²) < 4.78 is 27.1. The lowest BCUT2D eigenvalue weighted by Gasteiger charge is -2.33. The lowest BCUT2D eigenvalue weighted by molar-refractivity contribution is -0.385. The molecule has 1 saturated heterocycles. The van der Waals surface area contributed by atoms with Gasteiger partial charge in [0.25, 0.3) is 5.69 Å². The zero-order valence-corrected chi connectivity index (χ0v) is 14.3. The maximum Gasteiger partial charge on any atom is 0.271 e. The van der Waals surface area contributed by atoms with E-state index in [0.717, 1.165) is 6.07 Å². The summed E-state index contributed by atoms with van der Waals surface area (Å²) in [5, 5.41) is 14.1. The van der Waals surface area contributed by atoms with Gasteiger partial charge in [-0.2, -0.15) is 4.31 Å². The molecule has 22 heavy (non-hydrogen) atoms. The number of nitrogens with one attached hydrogen (secondary N) is 1. The second kappa shape index (κ2) is 6.91. The molecule has 1 aliphatic heterocycles. The number of hydrogen-bond acceptors (Lipinski definition) is 5. The average Bonchev–Trinajstić information content (AvgIpc) is 2.41. The summed E-state index contributed by atoms with van der Waals surface area (Å²) in [6.07, 6.45) is 0. The first-order valence-electron chi connectivity index (χ1n) is 6.73. The number of nitrogens with zero attached hydrogens (tertiary/aromatic N) is 2. The fourth-order valence-electron chi connectivity index (χ4n) is 2.49. The molecule has 7 nitrogen and oxygen atoms in total. The van der Waals surface area contributed by atoms with Gasteiger partial charge in [0.2, 0.25) is 10.0 Å². The SMILES string of the molecule is Cc1cc([N+](=O)[O-])cc(S(=O)(=O)N2CCNCC2C)c1C.Cl. The molecule has 2 rings (SSSR count). The van der Waals surface area contributed by atoms with Crippen LogP contribution in [0.5, 0.6) is 0 Å². The van der Waals surface area contributed by atoms with E-state index in [1.54, 1.807) is 13.8 Å². The molecule has 1 aromatic carbocycles. The van der Waals surface area contributed by atoms with Gasteiger partial charge in [0, 0.05) is 37.8 Å². The number of piperazine rings is 1. The van der Waals surface area contributed by atoms with E-state index in [0.29, 0.717) is 30.8 Å². The predicted molar refractivity (Wildman–Crippen MR) is 86.0 cm³/mol. The molecule has 1 aromatic rings. The fraction of sp³-hybridized carbons (Fsp3) is 0.538. The van der Waals surface area contributed by atoms with E-state index in [1.807, 2.05) is 6.92 Å². The number of halogens is 1. The van der Waals surface area contributed by atoms with E-state index >= 15 is 0 Å². The van der Waals surface area contributed by atoms with Gasteiger partial charge in [-0.05, 0) is 31.9 Å². The highest BCUT2D eigenvalue weighted by molar-refractivity contribution is 7.89. The number of sulfonamides is 1. The van der Waals surface area contributed by atoms with Crippen LogP contribution in [-0.2, 0) is 10.0 Å². The number of aryl methyl sites for hydroxylation is 1. The Morgan fingerprint density at radius 3 is 2.55 bits per heavy atom. The van der Waals surface area contributed by atoms with Crippen LogP contribution < -0.4 is 5.32 Å². The van der Waals surface area contributed by atoms with Crippen LogP contribution in [0.25, 0.3) is 0 Å². The van der Waals surface area contributed by atoms with Gasteiger partial charge in [-0.1, -0.05) is 0 Å². The number of rotatable bonds is 3. The minimum atomic E-state index is -3.73. The highest BCUT2D eigenvalue weighted by Crippen LogP contribution is 2.28. The van der Waals surface area contributed by atoms with Crippen LogP contribution in [0.3, 0.4) is 0 Å².